The molecular formula is C25H48N2O2. The normalized spacial score (nSPS) is 27.9. The Morgan fingerprint density at radius 3 is 1.97 bits per heavy atom. The van der Waals surface area contributed by atoms with Crippen molar-refractivity contribution < 1.29 is 9.53 Å². The van der Waals surface area contributed by atoms with Gasteiger partial charge in [-0.1, -0.05) is 59.3 Å². The van der Waals surface area contributed by atoms with E-state index >= 15 is 0 Å². The molecule has 0 bridgehead atoms. The molecule has 0 saturated carbocycles. The summed E-state index contributed by atoms with van der Waals surface area (Å²) < 4.78 is 6.83. The number of piperidine rings is 1. The minimum atomic E-state index is -0.691. The van der Waals surface area contributed by atoms with Crippen molar-refractivity contribution in [1.29, 1.82) is 0 Å². The Kier molecular flexibility index (Phi) is 7.87. The first-order chi connectivity index (χ1) is 13.3. The van der Waals surface area contributed by atoms with Crippen molar-refractivity contribution in [3.8, 4) is 0 Å². The highest BCUT2D eigenvalue weighted by Gasteiger charge is 2.63. The highest BCUT2D eigenvalue weighted by Crippen LogP contribution is 2.49. The fourth-order valence-electron chi connectivity index (χ4n) is 6.17. The van der Waals surface area contributed by atoms with Crippen molar-refractivity contribution in [3.05, 3.63) is 0 Å². The number of hydrogen-bond donors (Lipinski definition) is 1. The average Bonchev–Trinajstić information content (AvgIpc) is 2.69. The molecule has 2 fully saturated rings. The van der Waals surface area contributed by atoms with Crippen LogP contribution in [0.15, 0.2) is 0 Å². The predicted molar refractivity (Wildman–Crippen MR) is 122 cm³/mol. The molecule has 0 aromatic carbocycles. The van der Waals surface area contributed by atoms with Gasteiger partial charge in [0.15, 0.2) is 5.60 Å². The average molecular weight is 409 g/mol. The molecule has 2 heterocycles. The fourth-order valence-corrected chi connectivity index (χ4v) is 6.17. The van der Waals surface area contributed by atoms with Crippen LogP contribution in [0.3, 0.4) is 0 Å². The lowest BCUT2D eigenvalue weighted by molar-refractivity contribution is -0.168. The zero-order chi connectivity index (χ0) is 21.9. The molecule has 2 aliphatic rings. The minimum Gasteiger partial charge on any atom is -0.339 e. The van der Waals surface area contributed by atoms with Gasteiger partial charge in [0.1, 0.15) is 5.72 Å². The van der Waals surface area contributed by atoms with Gasteiger partial charge in [0.05, 0.1) is 0 Å². The number of rotatable bonds is 10. The lowest BCUT2D eigenvalue weighted by Crippen LogP contribution is -2.65. The Morgan fingerprint density at radius 1 is 0.931 bits per heavy atom. The topological polar surface area (TPSA) is 41.6 Å². The molecule has 2 rings (SSSR count). The molecule has 1 spiro atoms. The van der Waals surface area contributed by atoms with Gasteiger partial charge >= 0.3 is 0 Å². The Morgan fingerprint density at radius 2 is 1.45 bits per heavy atom. The second kappa shape index (κ2) is 9.26. The summed E-state index contributed by atoms with van der Waals surface area (Å²) in [6, 6.07) is 0. The van der Waals surface area contributed by atoms with Crippen LogP contribution in [-0.2, 0) is 9.53 Å². The molecule has 2 aliphatic heterocycles. The molecule has 2 saturated heterocycles. The number of ether oxygens (including phenoxy) is 1. The van der Waals surface area contributed by atoms with Crippen molar-refractivity contribution in [2.24, 2.45) is 5.92 Å². The largest absolute Gasteiger partial charge is 0.339 e. The fraction of sp³-hybridized carbons (Fsp3) is 0.960. The van der Waals surface area contributed by atoms with Crippen molar-refractivity contribution in [2.45, 2.75) is 142 Å². The van der Waals surface area contributed by atoms with Gasteiger partial charge in [-0.25, -0.2) is 0 Å². The predicted octanol–water partition coefficient (Wildman–Crippen LogP) is 6.04. The van der Waals surface area contributed by atoms with Gasteiger partial charge in [0, 0.05) is 30.5 Å². The minimum absolute atomic E-state index is 0.120. The molecule has 0 aliphatic carbocycles. The van der Waals surface area contributed by atoms with Gasteiger partial charge < -0.3 is 15.0 Å². The van der Waals surface area contributed by atoms with Crippen molar-refractivity contribution in [3.63, 3.8) is 0 Å². The van der Waals surface area contributed by atoms with Crippen molar-refractivity contribution >= 4 is 5.91 Å². The van der Waals surface area contributed by atoms with Gasteiger partial charge in [-0.05, 0) is 53.4 Å². The van der Waals surface area contributed by atoms with E-state index in [1.807, 2.05) is 0 Å². The van der Waals surface area contributed by atoms with Crippen LogP contribution < -0.4 is 5.32 Å². The van der Waals surface area contributed by atoms with E-state index in [2.05, 4.69) is 65.6 Å². The molecule has 1 amide bonds. The molecule has 0 aromatic heterocycles. The zero-order valence-corrected chi connectivity index (χ0v) is 20.6. The zero-order valence-electron chi connectivity index (χ0n) is 20.6. The number of carbonyl (C=O) groups is 1. The van der Waals surface area contributed by atoms with Gasteiger partial charge in [-0.15, -0.1) is 0 Å². The molecular weight excluding hydrogens is 360 g/mol. The standard InChI is InChI=1S/C25H48N2O2/c1-9-10-11-12-13-14-15-16-27-21(28)25(29-24(27,8)17-20(2)3)18-22(4,5)26-23(6,7)19-25/h20,26H,9-19H2,1-8H3. The number of nitrogens with one attached hydrogen (secondary N) is 1. The Bertz CT molecular complexity index is 539. The van der Waals surface area contributed by atoms with Gasteiger partial charge in [0.25, 0.3) is 5.91 Å². The van der Waals surface area contributed by atoms with Crippen molar-refractivity contribution in [2.75, 3.05) is 6.54 Å². The van der Waals surface area contributed by atoms with Crippen molar-refractivity contribution in [1.82, 2.24) is 10.2 Å². The summed E-state index contributed by atoms with van der Waals surface area (Å²) in [6.45, 7) is 18.5. The van der Waals surface area contributed by atoms with Crippen LogP contribution in [0.5, 0.6) is 0 Å². The third kappa shape index (κ3) is 6.19. The summed E-state index contributed by atoms with van der Waals surface area (Å²) in [6.07, 6.45) is 11.2. The summed E-state index contributed by atoms with van der Waals surface area (Å²) in [5.74, 6) is 0.719. The van der Waals surface area contributed by atoms with E-state index in [0.29, 0.717) is 5.92 Å². The van der Waals surface area contributed by atoms with Crippen LogP contribution in [0.2, 0.25) is 0 Å². The van der Waals surface area contributed by atoms with Crippen LogP contribution in [-0.4, -0.2) is 39.8 Å². The molecule has 1 N–H and O–H groups in total. The highest BCUT2D eigenvalue weighted by atomic mass is 16.6. The maximum Gasteiger partial charge on any atom is 0.257 e. The summed E-state index contributed by atoms with van der Waals surface area (Å²) in [5, 5.41) is 3.71. The Labute approximate surface area is 180 Å². The van der Waals surface area contributed by atoms with E-state index in [4.69, 9.17) is 4.74 Å². The molecule has 29 heavy (non-hydrogen) atoms. The first kappa shape index (κ1) is 24.7. The van der Waals surface area contributed by atoms with Crippen LogP contribution in [0.25, 0.3) is 0 Å². The van der Waals surface area contributed by atoms with Crippen LogP contribution in [0.1, 0.15) is 120 Å². The number of amides is 1. The van der Waals surface area contributed by atoms with E-state index in [9.17, 15) is 4.79 Å². The van der Waals surface area contributed by atoms with Crippen LogP contribution in [0.4, 0.5) is 0 Å². The lowest BCUT2D eigenvalue weighted by atomic mass is 9.72. The highest BCUT2D eigenvalue weighted by molar-refractivity contribution is 5.88. The van der Waals surface area contributed by atoms with Crippen LogP contribution in [0, 0.1) is 5.92 Å². The second-order valence-corrected chi connectivity index (χ2v) is 11.7. The van der Waals surface area contributed by atoms with E-state index in [1.165, 1.54) is 38.5 Å². The molecule has 4 heteroatoms. The Balaban J connectivity index is 2.12. The Hall–Kier alpha value is -0.610. The summed E-state index contributed by atoms with van der Waals surface area (Å²) in [4.78, 5) is 15.9. The SMILES string of the molecule is CCCCCCCCCN1C(=O)C2(CC(C)(C)NC(C)(C)C2)OC1(C)CC(C)C. The number of hydrogen-bond acceptors (Lipinski definition) is 3. The number of unbranched alkanes of at least 4 members (excludes halogenated alkanes) is 6. The molecule has 0 aromatic rings. The smallest absolute Gasteiger partial charge is 0.257 e. The quantitative estimate of drug-likeness (QED) is 0.448. The van der Waals surface area contributed by atoms with E-state index < -0.39 is 11.3 Å². The third-order valence-corrected chi connectivity index (χ3v) is 6.53. The van der Waals surface area contributed by atoms with Gasteiger partial charge in [-0.3, -0.25) is 4.79 Å². The number of nitrogens with zero attached hydrogens (tertiary/aromatic N) is 1. The van der Waals surface area contributed by atoms with E-state index in [-0.39, 0.29) is 17.0 Å². The number of carbonyl (C=O) groups excluding carboxylic acids is 1. The molecule has 1 atom stereocenters. The maximum absolute atomic E-state index is 13.8. The molecule has 0 radical (unpaired) electrons. The molecule has 4 nitrogen and oxygen atoms in total. The first-order valence-electron chi connectivity index (χ1n) is 12.2. The third-order valence-electron chi connectivity index (χ3n) is 6.53. The molecule has 1 unspecified atom stereocenters. The molecule has 170 valence electrons. The summed E-state index contributed by atoms with van der Waals surface area (Å²) >= 11 is 0. The maximum atomic E-state index is 13.8. The lowest BCUT2D eigenvalue weighted by Gasteiger charge is -2.50. The first-order valence-corrected chi connectivity index (χ1v) is 12.2. The van der Waals surface area contributed by atoms with Gasteiger partial charge in [-0.2, -0.15) is 0 Å². The second-order valence-electron chi connectivity index (χ2n) is 11.7. The van der Waals surface area contributed by atoms with E-state index in [1.54, 1.807) is 0 Å². The monoisotopic (exact) mass is 408 g/mol. The van der Waals surface area contributed by atoms with Gasteiger partial charge in [0.2, 0.25) is 0 Å². The van der Waals surface area contributed by atoms with Crippen LogP contribution >= 0.6 is 0 Å². The summed E-state index contributed by atoms with van der Waals surface area (Å²) in [5.41, 5.74) is -1.42. The summed E-state index contributed by atoms with van der Waals surface area (Å²) in [7, 11) is 0. The van der Waals surface area contributed by atoms with E-state index in [0.717, 1.165) is 32.2 Å².